The Morgan fingerprint density at radius 1 is 1.00 bits per heavy atom. The zero-order valence-electron chi connectivity index (χ0n) is 16.2. The molecule has 8 heteroatoms. The second kappa shape index (κ2) is 10.1. The fourth-order valence-electron chi connectivity index (χ4n) is 3.87. The van der Waals surface area contributed by atoms with Crippen molar-refractivity contribution >= 4 is 17.8 Å². The predicted octanol–water partition coefficient (Wildman–Crippen LogP) is 2.02. The molecule has 1 aromatic rings. The number of nitrogens with zero attached hydrogens (tertiary/aromatic N) is 1. The molecule has 2 heterocycles. The first-order valence-corrected chi connectivity index (χ1v) is 10.3. The molecule has 0 aromatic carbocycles. The molecule has 0 radical (unpaired) electrons. The van der Waals surface area contributed by atoms with E-state index in [0.29, 0.717) is 19.1 Å². The summed E-state index contributed by atoms with van der Waals surface area (Å²) in [6.07, 6.45) is 8.97. The minimum Gasteiger partial charge on any atom is -0.459 e. The summed E-state index contributed by atoms with van der Waals surface area (Å²) in [5.41, 5.74) is 0. The molecule has 3 rings (SSSR count). The van der Waals surface area contributed by atoms with Crippen molar-refractivity contribution in [3.8, 4) is 0 Å². The summed E-state index contributed by atoms with van der Waals surface area (Å²) in [4.78, 5) is 38.0. The maximum absolute atomic E-state index is 12.3. The van der Waals surface area contributed by atoms with E-state index in [2.05, 4.69) is 16.0 Å². The Balaban J connectivity index is 1.30. The number of likely N-dealkylation sites (tertiary alicyclic amines) is 1. The van der Waals surface area contributed by atoms with Crippen molar-refractivity contribution in [3.05, 3.63) is 24.2 Å². The summed E-state index contributed by atoms with van der Waals surface area (Å²) >= 11 is 0. The van der Waals surface area contributed by atoms with Crippen molar-refractivity contribution in [2.75, 3.05) is 19.6 Å². The third kappa shape index (κ3) is 6.00. The van der Waals surface area contributed by atoms with Gasteiger partial charge in [0.05, 0.1) is 6.26 Å². The molecule has 0 unspecified atom stereocenters. The van der Waals surface area contributed by atoms with Crippen LogP contribution in [0.3, 0.4) is 0 Å². The van der Waals surface area contributed by atoms with Crippen LogP contribution in [0.25, 0.3) is 0 Å². The van der Waals surface area contributed by atoms with Gasteiger partial charge in [0.15, 0.2) is 5.76 Å². The largest absolute Gasteiger partial charge is 0.459 e. The van der Waals surface area contributed by atoms with Gasteiger partial charge in [-0.3, -0.25) is 9.59 Å². The number of rotatable bonds is 6. The molecule has 2 aliphatic rings. The molecule has 1 aliphatic carbocycles. The van der Waals surface area contributed by atoms with Crippen molar-refractivity contribution in [2.45, 2.75) is 63.5 Å². The van der Waals surface area contributed by atoms with Crippen LogP contribution >= 0.6 is 0 Å². The fraction of sp³-hybridized carbons (Fsp3) is 0.650. The van der Waals surface area contributed by atoms with E-state index in [1.54, 1.807) is 17.0 Å². The van der Waals surface area contributed by atoms with Crippen LogP contribution in [-0.4, -0.2) is 54.5 Å². The second-order valence-electron chi connectivity index (χ2n) is 7.59. The van der Waals surface area contributed by atoms with E-state index in [1.165, 1.54) is 25.5 Å². The number of carbonyl (C=O) groups is 3. The highest BCUT2D eigenvalue weighted by molar-refractivity contribution is 5.91. The molecule has 154 valence electrons. The number of furan rings is 1. The number of hydrogen-bond donors (Lipinski definition) is 3. The van der Waals surface area contributed by atoms with Gasteiger partial charge in [-0.1, -0.05) is 19.3 Å². The van der Waals surface area contributed by atoms with E-state index in [9.17, 15) is 14.4 Å². The van der Waals surface area contributed by atoms with Crippen LogP contribution in [0.15, 0.2) is 22.8 Å². The quantitative estimate of drug-likeness (QED) is 0.691. The lowest BCUT2D eigenvalue weighted by Crippen LogP contribution is -2.51. The highest BCUT2D eigenvalue weighted by Gasteiger charge is 2.24. The SMILES string of the molecule is O=C(NC1CCCCC1)NC1CCN(C(=O)CCNC(=O)c2ccco2)CC1. The van der Waals surface area contributed by atoms with Gasteiger partial charge in [0.25, 0.3) is 5.91 Å². The van der Waals surface area contributed by atoms with Crippen LogP contribution < -0.4 is 16.0 Å². The van der Waals surface area contributed by atoms with E-state index in [-0.39, 0.29) is 42.6 Å². The van der Waals surface area contributed by atoms with Gasteiger partial charge in [-0.25, -0.2) is 4.79 Å². The Bertz CT molecular complexity index is 647. The normalized spacial score (nSPS) is 18.5. The van der Waals surface area contributed by atoms with Gasteiger partial charge in [0.1, 0.15) is 0 Å². The van der Waals surface area contributed by atoms with Crippen LogP contribution in [0.4, 0.5) is 4.79 Å². The number of urea groups is 1. The van der Waals surface area contributed by atoms with Crippen molar-refractivity contribution in [3.63, 3.8) is 0 Å². The third-order valence-corrected chi connectivity index (χ3v) is 5.49. The number of carbonyl (C=O) groups excluding carboxylic acids is 3. The topological polar surface area (TPSA) is 104 Å². The number of nitrogens with one attached hydrogen (secondary N) is 3. The molecule has 0 spiro atoms. The highest BCUT2D eigenvalue weighted by Crippen LogP contribution is 2.17. The molecular weight excluding hydrogens is 360 g/mol. The Hall–Kier alpha value is -2.51. The molecule has 1 aliphatic heterocycles. The zero-order valence-corrected chi connectivity index (χ0v) is 16.2. The van der Waals surface area contributed by atoms with Crippen LogP contribution in [0.2, 0.25) is 0 Å². The molecule has 1 aromatic heterocycles. The van der Waals surface area contributed by atoms with Crippen molar-refractivity contribution in [2.24, 2.45) is 0 Å². The third-order valence-electron chi connectivity index (χ3n) is 5.49. The molecule has 1 saturated carbocycles. The van der Waals surface area contributed by atoms with Crippen LogP contribution in [-0.2, 0) is 4.79 Å². The molecule has 3 N–H and O–H groups in total. The molecule has 1 saturated heterocycles. The van der Waals surface area contributed by atoms with Crippen molar-refractivity contribution < 1.29 is 18.8 Å². The summed E-state index contributed by atoms with van der Waals surface area (Å²) in [6.45, 7) is 1.53. The minimum absolute atomic E-state index is 0.0184. The van der Waals surface area contributed by atoms with Gasteiger partial charge in [-0.05, 0) is 37.8 Å². The predicted molar refractivity (Wildman–Crippen MR) is 104 cm³/mol. The Kier molecular flexibility index (Phi) is 7.33. The van der Waals surface area contributed by atoms with Gasteiger partial charge < -0.3 is 25.3 Å². The molecule has 0 bridgehead atoms. The van der Waals surface area contributed by atoms with E-state index in [4.69, 9.17) is 4.42 Å². The number of piperidine rings is 1. The summed E-state index contributed by atoms with van der Waals surface area (Å²) in [5, 5.41) is 8.80. The monoisotopic (exact) mass is 390 g/mol. The van der Waals surface area contributed by atoms with E-state index < -0.39 is 0 Å². The Morgan fingerprint density at radius 2 is 1.68 bits per heavy atom. The maximum atomic E-state index is 12.3. The standard InChI is InChI=1S/C20H30N4O4/c25-18(8-11-21-19(26)17-7-4-14-28-17)24-12-9-16(10-13-24)23-20(27)22-15-5-2-1-3-6-15/h4,7,14-16H,1-3,5-6,8-13H2,(H,21,26)(H2,22,23,27). The van der Waals surface area contributed by atoms with Gasteiger partial charge in [0.2, 0.25) is 5.91 Å². The first kappa shape index (κ1) is 20.2. The maximum Gasteiger partial charge on any atom is 0.315 e. The second-order valence-corrected chi connectivity index (χ2v) is 7.59. The summed E-state index contributed by atoms with van der Waals surface area (Å²) in [5.74, 6) is -0.0552. The van der Waals surface area contributed by atoms with Gasteiger partial charge in [-0.15, -0.1) is 0 Å². The lowest BCUT2D eigenvalue weighted by atomic mass is 9.96. The molecular formula is C20H30N4O4. The Morgan fingerprint density at radius 3 is 2.32 bits per heavy atom. The van der Waals surface area contributed by atoms with E-state index >= 15 is 0 Å². The summed E-state index contributed by atoms with van der Waals surface area (Å²) < 4.78 is 5.01. The average Bonchev–Trinajstić information content (AvgIpc) is 3.24. The zero-order chi connectivity index (χ0) is 19.8. The van der Waals surface area contributed by atoms with Gasteiger partial charge >= 0.3 is 6.03 Å². The number of amides is 4. The summed E-state index contributed by atoms with van der Waals surface area (Å²) in [7, 11) is 0. The first-order chi connectivity index (χ1) is 13.6. The summed E-state index contributed by atoms with van der Waals surface area (Å²) in [6, 6.07) is 3.54. The molecule has 0 atom stereocenters. The molecule has 2 fully saturated rings. The smallest absolute Gasteiger partial charge is 0.315 e. The lowest BCUT2D eigenvalue weighted by Gasteiger charge is -2.33. The number of hydrogen-bond acceptors (Lipinski definition) is 4. The van der Waals surface area contributed by atoms with Crippen LogP contribution in [0.1, 0.15) is 61.9 Å². The first-order valence-electron chi connectivity index (χ1n) is 10.3. The van der Waals surface area contributed by atoms with Gasteiger partial charge in [-0.2, -0.15) is 0 Å². The van der Waals surface area contributed by atoms with Gasteiger partial charge in [0, 0.05) is 38.1 Å². The fourth-order valence-corrected chi connectivity index (χ4v) is 3.87. The highest BCUT2D eigenvalue weighted by atomic mass is 16.3. The van der Waals surface area contributed by atoms with Crippen LogP contribution in [0, 0.1) is 0 Å². The van der Waals surface area contributed by atoms with Crippen molar-refractivity contribution in [1.29, 1.82) is 0 Å². The van der Waals surface area contributed by atoms with E-state index in [0.717, 1.165) is 25.7 Å². The van der Waals surface area contributed by atoms with Crippen molar-refractivity contribution in [1.82, 2.24) is 20.9 Å². The molecule has 4 amide bonds. The minimum atomic E-state index is -0.315. The Labute approximate surface area is 165 Å². The molecule has 28 heavy (non-hydrogen) atoms. The average molecular weight is 390 g/mol. The van der Waals surface area contributed by atoms with Crippen LogP contribution in [0.5, 0.6) is 0 Å². The molecule has 8 nitrogen and oxygen atoms in total. The lowest BCUT2D eigenvalue weighted by molar-refractivity contribution is -0.132. The van der Waals surface area contributed by atoms with E-state index in [1.807, 2.05) is 0 Å².